The van der Waals surface area contributed by atoms with Gasteiger partial charge in [-0.3, -0.25) is 0 Å². The number of benzene rings is 1. The molecule has 17 heavy (non-hydrogen) atoms. The molecule has 1 aromatic heterocycles. The fourth-order valence-corrected chi connectivity index (χ4v) is 1.70. The van der Waals surface area contributed by atoms with Gasteiger partial charge in [-0.05, 0) is 12.1 Å². The molecule has 0 radical (unpaired) electrons. The van der Waals surface area contributed by atoms with Crippen LogP contribution in [0.2, 0.25) is 10.0 Å². The van der Waals surface area contributed by atoms with Crippen LogP contribution in [0, 0.1) is 0 Å². The SMILES string of the molecule is NCc1nc(COc2c(Cl)cccc2Cl)no1. The summed E-state index contributed by atoms with van der Waals surface area (Å²) in [5, 5.41) is 4.55. The number of halogens is 2. The van der Waals surface area contributed by atoms with E-state index in [2.05, 4.69) is 10.1 Å². The minimum atomic E-state index is 0.118. The van der Waals surface area contributed by atoms with Crippen LogP contribution in [-0.2, 0) is 13.2 Å². The second-order valence-corrected chi connectivity index (χ2v) is 3.96. The first kappa shape index (κ1) is 12.2. The highest BCUT2D eigenvalue weighted by Gasteiger charge is 2.09. The van der Waals surface area contributed by atoms with Crippen LogP contribution in [0.1, 0.15) is 11.7 Å². The van der Waals surface area contributed by atoms with Gasteiger partial charge in [0.15, 0.2) is 12.4 Å². The zero-order valence-electron chi connectivity index (χ0n) is 8.69. The van der Waals surface area contributed by atoms with Crippen LogP contribution >= 0.6 is 23.2 Å². The lowest BCUT2D eigenvalue weighted by Gasteiger charge is -2.06. The van der Waals surface area contributed by atoms with E-state index < -0.39 is 0 Å². The summed E-state index contributed by atoms with van der Waals surface area (Å²) >= 11 is 11.9. The summed E-state index contributed by atoms with van der Waals surface area (Å²) in [4.78, 5) is 3.99. The first-order valence-electron chi connectivity index (χ1n) is 4.79. The van der Waals surface area contributed by atoms with Gasteiger partial charge in [0.1, 0.15) is 0 Å². The van der Waals surface area contributed by atoms with Gasteiger partial charge in [0, 0.05) is 0 Å². The maximum atomic E-state index is 5.93. The van der Waals surface area contributed by atoms with Crippen molar-refractivity contribution in [1.82, 2.24) is 10.1 Å². The van der Waals surface area contributed by atoms with Gasteiger partial charge in [0.25, 0.3) is 0 Å². The Labute approximate surface area is 107 Å². The predicted molar refractivity (Wildman–Crippen MR) is 63.0 cm³/mol. The van der Waals surface area contributed by atoms with Crippen LogP contribution in [0.4, 0.5) is 0 Å². The molecule has 7 heteroatoms. The molecule has 1 heterocycles. The molecule has 0 aliphatic carbocycles. The maximum Gasteiger partial charge on any atom is 0.240 e. The summed E-state index contributed by atoms with van der Waals surface area (Å²) in [7, 11) is 0. The van der Waals surface area contributed by atoms with Gasteiger partial charge >= 0.3 is 0 Å². The molecule has 0 fully saturated rings. The lowest BCUT2D eigenvalue weighted by atomic mass is 10.3. The van der Waals surface area contributed by atoms with Gasteiger partial charge < -0.3 is 15.0 Å². The van der Waals surface area contributed by atoms with Crippen molar-refractivity contribution in [2.45, 2.75) is 13.2 Å². The molecular formula is C10H9Cl2N3O2. The maximum absolute atomic E-state index is 5.93. The number of rotatable bonds is 4. The molecule has 0 saturated heterocycles. The molecule has 0 amide bonds. The number of para-hydroxylation sites is 1. The number of aromatic nitrogens is 2. The highest BCUT2D eigenvalue weighted by atomic mass is 35.5. The molecule has 2 aromatic rings. The van der Waals surface area contributed by atoms with Crippen LogP contribution in [0.25, 0.3) is 0 Å². The van der Waals surface area contributed by atoms with Gasteiger partial charge in [-0.15, -0.1) is 0 Å². The summed E-state index contributed by atoms with van der Waals surface area (Å²) in [6.45, 7) is 0.312. The molecule has 0 spiro atoms. The molecule has 90 valence electrons. The third-order valence-electron chi connectivity index (χ3n) is 1.95. The Morgan fingerprint density at radius 1 is 1.29 bits per heavy atom. The van der Waals surface area contributed by atoms with Crippen LogP contribution in [0.15, 0.2) is 22.7 Å². The average Bonchev–Trinajstić information content (AvgIpc) is 2.76. The Kier molecular flexibility index (Phi) is 3.83. The number of ether oxygens (including phenoxy) is 1. The van der Waals surface area contributed by atoms with Gasteiger partial charge in [-0.1, -0.05) is 34.4 Å². The van der Waals surface area contributed by atoms with Crippen LogP contribution in [0.3, 0.4) is 0 Å². The quantitative estimate of drug-likeness (QED) is 0.926. The van der Waals surface area contributed by atoms with Crippen molar-refractivity contribution in [3.63, 3.8) is 0 Å². The van der Waals surface area contributed by atoms with E-state index in [1.807, 2.05) is 0 Å². The average molecular weight is 274 g/mol. The Balaban J connectivity index is 2.07. The highest BCUT2D eigenvalue weighted by Crippen LogP contribution is 2.32. The largest absolute Gasteiger partial charge is 0.482 e. The molecule has 1 aromatic carbocycles. The van der Waals surface area contributed by atoms with Crippen molar-refractivity contribution in [3.05, 3.63) is 40.0 Å². The van der Waals surface area contributed by atoms with Crippen molar-refractivity contribution in [1.29, 1.82) is 0 Å². The lowest BCUT2D eigenvalue weighted by molar-refractivity contribution is 0.285. The fraction of sp³-hybridized carbons (Fsp3) is 0.200. The second-order valence-electron chi connectivity index (χ2n) is 3.15. The minimum Gasteiger partial charge on any atom is -0.482 e. The molecule has 0 unspecified atom stereocenters. The fourth-order valence-electron chi connectivity index (χ4n) is 1.19. The van der Waals surface area contributed by atoms with E-state index in [0.29, 0.717) is 27.5 Å². The highest BCUT2D eigenvalue weighted by molar-refractivity contribution is 6.37. The molecule has 0 saturated carbocycles. The number of hydrogen-bond donors (Lipinski definition) is 1. The first-order valence-corrected chi connectivity index (χ1v) is 5.54. The lowest BCUT2D eigenvalue weighted by Crippen LogP contribution is -2.00. The summed E-state index contributed by atoms with van der Waals surface area (Å²) < 4.78 is 10.3. The van der Waals surface area contributed by atoms with E-state index >= 15 is 0 Å². The summed E-state index contributed by atoms with van der Waals surface area (Å²) in [5.74, 6) is 1.14. The van der Waals surface area contributed by atoms with Gasteiger partial charge in [0.05, 0.1) is 16.6 Å². The molecule has 0 atom stereocenters. The second kappa shape index (κ2) is 5.35. The topological polar surface area (TPSA) is 74.2 Å². The van der Waals surface area contributed by atoms with Crippen molar-refractivity contribution in [2.24, 2.45) is 5.73 Å². The Morgan fingerprint density at radius 3 is 2.59 bits per heavy atom. The number of nitrogens with zero attached hydrogens (tertiary/aromatic N) is 2. The van der Waals surface area contributed by atoms with E-state index in [-0.39, 0.29) is 13.2 Å². The molecule has 0 bridgehead atoms. The van der Waals surface area contributed by atoms with Crippen molar-refractivity contribution >= 4 is 23.2 Å². The van der Waals surface area contributed by atoms with E-state index in [1.54, 1.807) is 18.2 Å². The zero-order valence-corrected chi connectivity index (χ0v) is 10.2. The van der Waals surface area contributed by atoms with Crippen molar-refractivity contribution in [3.8, 4) is 5.75 Å². The normalized spacial score (nSPS) is 10.5. The smallest absolute Gasteiger partial charge is 0.240 e. The molecule has 2 N–H and O–H groups in total. The predicted octanol–water partition coefficient (Wildman–Crippen LogP) is 2.41. The molecule has 5 nitrogen and oxygen atoms in total. The van der Waals surface area contributed by atoms with Crippen LogP contribution in [-0.4, -0.2) is 10.1 Å². The Bertz CT molecular complexity index is 496. The summed E-state index contributed by atoms with van der Waals surface area (Å²) in [6, 6.07) is 5.10. The van der Waals surface area contributed by atoms with E-state index in [9.17, 15) is 0 Å². The number of nitrogens with two attached hydrogens (primary N) is 1. The van der Waals surface area contributed by atoms with Gasteiger partial charge in [-0.25, -0.2) is 0 Å². The van der Waals surface area contributed by atoms with Gasteiger partial charge in [-0.2, -0.15) is 4.98 Å². The third-order valence-corrected chi connectivity index (χ3v) is 2.54. The van der Waals surface area contributed by atoms with E-state index in [4.69, 9.17) is 38.2 Å². The first-order chi connectivity index (χ1) is 8.20. The standard InChI is InChI=1S/C10H9Cl2N3O2/c11-6-2-1-3-7(12)10(6)16-5-8-14-9(4-13)17-15-8/h1-3H,4-5,13H2. The molecular weight excluding hydrogens is 265 g/mol. The summed E-state index contributed by atoms with van der Waals surface area (Å²) in [6.07, 6.45) is 0. The summed E-state index contributed by atoms with van der Waals surface area (Å²) in [5.41, 5.74) is 5.34. The minimum absolute atomic E-state index is 0.118. The number of hydrogen-bond acceptors (Lipinski definition) is 5. The van der Waals surface area contributed by atoms with Gasteiger partial charge in [0.2, 0.25) is 11.7 Å². The van der Waals surface area contributed by atoms with Crippen molar-refractivity contribution in [2.75, 3.05) is 0 Å². The van der Waals surface area contributed by atoms with E-state index in [0.717, 1.165) is 0 Å². The Morgan fingerprint density at radius 2 is 2.00 bits per heavy atom. The molecule has 0 aliphatic rings. The van der Waals surface area contributed by atoms with Crippen LogP contribution < -0.4 is 10.5 Å². The van der Waals surface area contributed by atoms with E-state index in [1.165, 1.54) is 0 Å². The van der Waals surface area contributed by atoms with Crippen molar-refractivity contribution < 1.29 is 9.26 Å². The van der Waals surface area contributed by atoms with Crippen LogP contribution in [0.5, 0.6) is 5.75 Å². The molecule has 2 rings (SSSR count). The molecule has 0 aliphatic heterocycles. The zero-order chi connectivity index (χ0) is 12.3. The third kappa shape index (κ3) is 2.88. The Hall–Kier alpha value is -1.30. The monoisotopic (exact) mass is 273 g/mol.